The zero-order valence-electron chi connectivity index (χ0n) is 10.9. The molecule has 1 amide bonds. The summed E-state index contributed by atoms with van der Waals surface area (Å²) in [5.41, 5.74) is 4.17. The molecule has 0 saturated carbocycles. The number of hydrogen-bond acceptors (Lipinski definition) is 3. The van der Waals surface area contributed by atoms with Crippen LogP contribution in [0.25, 0.3) is 0 Å². The SMILES string of the molecule is CN(C(=O)[C@@H](N)C(C)(C)C)C(C)(C)C(=O)O. The molecular formula is C11H22N2O3. The molecular weight excluding hydrogens is 208 g/mol. The highest BCUT2D eigenvalue weighted by Gasteiger charge is 2.39. The van der Waals surface area contributed by atoms with Gasteiger partial charge in [-0.05, 0) is 19.3 Å². The van der Waals surface area contributed by atoms with Gasteiger partial charge >= 0.3 is 5.97 Å². The Morgan fingerprint density at radius 1 is 1.19 bits per heavy atom. The van der Waals surface area contributed by atoms with Crippen LogP contribution in [0, 0.1) is 5.41 Å². The average molecular weight is 230 g/mol. The second-order valence-corrected chi connectivity index (χ2v) is 5.61. The Balaban J connectivity index is 4.96. The lowest BCUT2D eigenvalue weighted by atomic mass is 9.86. The van der Waals surface area contributed by atoms with Crippen LogP contribution in [-0.2, 0) is 9.59 Å². The van der Waals surface area contributed by atoms with Crippen LogP contribution in [0.3, 0.4) is 0 Å². The lowest BCUT2D eigenvalue weighted by Crippen LogP contribution is -2.58. The summed E-state index contributed by atoms with van der Waals surface area (Å²) in [6.45, 7) is 8.48. The third kappa shape index (κ3) is 2.95. The number of carbonyl (C=O) groups excluding carboxylic acids is 1. The normalized spacial score (nSPS) is 14.4. The third-order valence-electron chi connectivity index (χ3n) is 2.89. The maximum atomic E-state index is 12.0. The molecule has 0 fully saturated rings. The van der Waals surface area contributed by atoms with E-state index in [1.54, 1.807) is 0 Å². The summed E-state index contributed by atoms with van der Waals surface area (Å²) in [4.78, 5) is 24.2. The summed E-state index contributed by atoms with van der Waals surface area (Å²) >= 11 is 0. The first-order chi connectivity index (χ1) is 6.92. The van der Waals surface area contributed by atoms with Crippen LogP contribution < -0.4 is 5.73 Å². The molecule has 0 rings (SSSR count). The van der Waals surface area contributed by atoms with Gasteiger partial charge in [-0.3, -0.25) is 4.79 Å². The fraction of sp³-hybridized carbons (Fsp3) is 0.818. The lowest BCUT2D eigenvalue weighted by molar-refractivity contribution is -0.156. The van der Waals surface area contributed by atoms with Crippen LogP contribution in [0.5, 0.6) is 0 Å². The highest BCUT2D eigenvalue weighted by Crippen LogP contribution is 2.22. The number of likely N-dealkylation sites (N-methyl/N-ethyl adjacent to an activating group) is 1. The molecule has 16 heavy (non-hydrogen) atoms. The Kier molecular flexibility index (Phi) is 4.11. The number of carboxylic acids is 1. The van der Waals surface area contributed by atoms with Crippen molar-refractivity contribution in [1.82, 2.24) is 4.90 Å². The number of nitrogens with zero attached hydrogens (tertiary/aromatic N) is 1. The Hall–Kier alpha value is -1.10. The predicted octanol–water partition coefficient (Wildman–Crippen LogP) is 0.681. The standard InChI is InChI=1S/C11H22N2O3/c1-10(2,3)7(12)8(14)13(6)11(4,5)9(15)16/h7H,12H2,1-6H3,(H,15,16)/t7-/m1/s1. The van der Waals surface area contributed by atoms with E-state index in [0.717, 1.165) is 0 Å². The van der Waals surface area contributed by atoms with Crippen LogP contribution in [0.1, 0.15) is 34.6 Å². The lowest BCUT2D eigenvalue weighted by Gasteiger charge is -2.36. The molecule has 0 spiro atoms. The average Bonchev–Trinajstić information content (AvgIpc) is 2.12. The first-order valence-corrected chi connectivity index (χ1v) is 5.19. The third-order valence-corrected chi connectivity index (χ3v) is 2.89. The number of carbonyl (C=O) groups is 2. The number of amides is 1. The van der Waals surface area contributed by atoms with E-state index >= 15 is 0 Å². The van der Waals surface area contributed by atoms with Gasteiger partial charge in [0, 0.05) is 7.05 Å². The molecule has 0 aromatic rings. The van der Waals surface area contributed by atoms with Crippen LogP contribution >= 0.6 is 0 Å². The van der Waals surface area contributed by atoms with Crippen molar-refractivity contribution >= 4 is 11.9 Å². The maximum absolute atomic E-state index is 12.0. The van der Waals surface area contributed by atoms with Gasteiger partial charge in [0.2, 0.25) is 5.91 Å². The molecule has 0 unspecified atom stereocenters. The molecule has 3 N–H and O–H groups in total. The second kappa shape index (κ2) is 4.41. The van der Waals surface area contributed by atoms with Gasteiger partial charge in [-0.25, -0.2) is 4.79 Å². The van der Waals surface area contributed by atoms with Gasteiger partial charge in [0.05, 0.1) is 6.04 Å². The van der Waals surface area contributed by atoms with Crippen LogP contribution in [-0.4, -0.2) is 40.5 Å². The summed E-state index contributed by atoms with van der Waals surface area (Å²) in [5.74, 6) is -1.41. The van der Waals surface area contributed by atoms with Crippen molar-refractivity contribution < 1.29 is 14.7 Å². The van der Waals surface area contributed by atoms with E-state index in [4.69, 9.17) is 10.8 Å². The molecule has 0 bridgehead atoms. The van der Waals surface area contributed by atoms with Gasteiger partial charge in [0.15, 0.2) is 0 Å². The number of aliphatic carboxylic acids is 1. The monoisotopic (exact) mass is 230 g/mol. The van der Waals surface area contributed by atoms with Crippen molar-refractivity contribution in [3.8, 4) is 0 Å². The number of rotatable bonds is 3. The summed E-state index contributed by atoms with van der Waals surface area (Å²) in [6, 6.07) is -0.712. The Bertz CT molecular complexity index is 292. The van der Waals surface area contributed by atoms with E-state index in [2.05, 4.69) is 0 Å². The van der Waals surface area contributed by atoms with Crippen molar-refractivity contribution in [1.29, 1.82) is 0 Å². The van der Waals surface area contributed by atoms with E-state index in [1.807, 2.05) is 20.8 Å². The molecule has 0 aromatic carbocycles. The zero-order chi connectivity index (χ0) is 13.3. The number of hydrogen-bond donors (Lipinski definition) is 2. The molecule has 1 atom stereocenters. The van der Waals surface area contributed by atoms with Gasteiger partial charge in [0.25, 0.3) is 0 Å². The molecule has 0 aliphatic heterocycles. The topological polar surface area (TPSA) is 83.6 Å². The van der Waals surface area contributed by atoms with Crippen LogP contribution in [0.4, 0.5) is 0 Å². The van der Waals surface area contributed by atoms with Gasteiger partial charge in [-0.15, -0.1) is 0 Å². The smallest absolute Gasteiger partial charge is 0.329 e. The van der Waals surface area contributed by atoms with E-state index < -0.39 is 17.6 Å². The van der Waals surface area contributed by atoms with Crippen molar-refractivity contribution in [3.05, 3.63) is 0 Å². The van der Waals surface area contributed by atoms with Crippen LogP contribution in [0.15, 0.2) is 0 Å². The Morgan fingerprint density at radius 3 is 1.81 bits per heavy atom. The summed E-state index contributed by atoms with van der Waals surface area (Å²) < 4.78 is 0. The summed E-state index contributed by atoms with van der Waals surface area (Å²) in [7, 11) is 1.46. The van der Waals surface area contributed by atoms with Gasteiger partial charge in [-0.2, -0.15) is 0 Å². The first-order valence-electron chi connectivity index (χ1n) is 5.19. The Morgan fingerprint density at radius 2 is 1.56 bits per heavy atom. The molecule has 94 valence electrons. The molecule has 5 nitrogen and oxygen atoms in total. The fourth-order valence-corrected chi connectivity index (χ4v) is 0.998. The van der Waals surface area contributed by atoms with Gasteiger partial charge < -0.3 is 15.7 Å². The summed E-state index contributed by atoms with van der Waals surface area (Å²) in [6.07, 6.45) is 0. The van der Waals surface area contributed by atoms with Crippen LogP contribution in [0.2, 0.25) is 0 Å². The second-order valence-electron chi connectivity index (χ2n) is 5.61. The minimum absolute atomic E-state index is 0.361. The molecule has 0 radical (unpaired) electrons. The highest BCUT2D eigenvalue weighted by molar-refractivity contribution is 5.89. The maximum Gasteiger partial charge on any atom is 0.329 e. The highest BCUT2D eigenvalue weighted by atomic mass is 16.4. The van der Waals surface area contributed by atoms with E-state index in [-0.39, 0.29) is 11.3 Å². The summed E-state index contributed by atoms with van der Waals surface area (Å²) in [5, 5.41) is 9.01. The molecule has 5 heteroatoms. The van der Waals surface area contributed by atoms with E-state index in [9.17, 15) is 9.59 Å². The molecule has 0 aromatic heterocycles. The Labute approximate surface area is 96.6 Å². The number of nitrogens with two attached hydrogens (primary N) is 1. The number of carboxylic acid groups (broad SMARTS) is 1. The largest absolute Gasteiger partial charge is 0.480 e. The molecule has 0 heterocycles. The van der Waals surface area contributed by atoms with Gasteiger partial charge in [-0.1, -0.05) is 20.8 Å². The first kappa shape index (κ1) is 14.9. The minimum Gasteiger partial charge on any atom is -0.480 e. The molecule has 0 saturated heterocycles. The minimum atomic E-state index is -1.25. The van der Waals surface area contributed by atoms with E-state index in [0.29, 0.717) is 0 Å². The van der Waals surface area contributed by atoms with E-state index in [1.165, 1.54) is 25.8 Å². The van der Waals surface area contributed by atoms with Crippen molar-refractivity contribution in [2.45, 2.75) is 46.2 Å². The van der Waals surface area contributed by atoms with Crippen molar-refractivity contribution in [2.24, 2.45) is 11.1 Å². The molecule has 0 aliphatic rings. The van der Waals surface area contributed by atoms with Gasteiger partial charge in [0.1, 0.15) is 5.54 Å². The zero-order valence-corrected chi connectivity index (χ0v) is 10.9. The molecule has 0 aliphatic carbocycles. The van der Waals surface area contributed by atoms with Crippen molar-refractivity contribution in [3.63, 3.8) is 0 Å². The fourth-order valence-electron chi connectivity index (χ4n) is 0.998. The predicted molar refractivity (Wildman–Crippen MR) is 61.9 cm³/mol. The quantitative estimate of drug-likeness (QED) is 0.747. The van der Waals surface area contributed by atoms with Crippen molar-refractivity contribution in [2.75, 3.05) is 7.05 Å².